The summed E-state index contributed by atoms with van der Waals surface area (Å²) >= 11 is 0. The Morgan fingerprint density at radius 1 is 1.29 bits per heavy atom. The number of amides is 1. The van der Waals surface area contributed by atoms with Crippen molar-refractivity contribution in [3.63, 3.8) is 0 Å². The van der Waals surface area contributed by atoms with E-state index in [1.807, 2.05) is 4.90 Å². The molecule has 0 radical (unpaired) electrons. The summed E-state index contributed by atoms with van der Waals surface area (Å²) in [4.78, 5) is 14.0. The first-order valence-corrected chi connectivity index (χ1v) is 8.00. The first-order valence-electron chi connectivity index (χ1n) is 8.00. The van der Waals surface area contributed by atoms with E-state index in [2.05, 4.69) is 0 Å². The topological polar surface area (TPSA) is 59.5 Å². The summed E-state index contributed by atoms with van der Waals surface area (Å²) in [6, 6.07) is 10.1. The van der Waals surface area contributed by atoms with E-state index in [9.17, 15) is 9.18 Å². The second-order valence-corrected chi connectivity index (χ2v) is 5.99. The molecule has 1 aromatic heterocycles. The quantitative estimate of drug-likeness (QED) is 0.917. The predicted octanol–water partition coefficient (Wildman–Crippen LogP) is 3.39. The maximum Gasteiger partial charge on any atom is 0.223 e. The van der Waals surface area contributed by atoms with Gasteiger partial charge in [-0.05, 0) is 37.1 Å². The van der Waals surface area contributed by atoms with Gasteiger partial charge in [-0.3, -0.25) is 4.79 Å². The number of carbonyl (C=O) groups excluding carboxylic acids is 1. The molecule has 0 saturated carbocycles. The number of nitrogens with two attached hydrogens (primary N) is 1. The summed E-state index contributed by atoms with van der Waals surface area (Å²) in [5.41, 5.74) is 6.34. The molecule has 1 aliphatic rings. The van der Waals surface area contributed by atoms with Crippen LogP contribution in [0.25, 0.3) is 11.3 Å². The van der Waals surface area contributed by atoms with Gasteiger partial charge in [0.05, 0.1) is 5.56 Å². The van der Waals surface area contributed by atoms with E-state index in [1.165, 1.54) is 6.07 Å². The fraction of sp³-hybridized carbons (Fsp3) is 0.389. The molecule has 2 N–H and O–H groups in total. The van der Waals surface area contributed by atoms with Crippen LogP contribution >= 0.6 is 12.4 Å². The van der Waals surface area contributed by atoms with Gasteiger partial charge in [0.2, 0.25) is 5.91 Å². The van der Waals surface area contributed by atoms with Gasteiger partial charge >= 0.3 is 0 Å². The van der Waals surface area contributed by atoms with Crippen molar-refractivity contribution in [2.45, 2.75) is 31.7 Å². The first-order chi connectivity index (χ1) is 11.1. The molecule has 4 nitrogen and oxygen atoms in total. The van der Waals surface area contributed by atoms with Gasteiger partial charge in [-0.15, -0.1) is 12.4 Å². The highest BCUT2D eigenvalue weighted by molar-refractivity contribution is 5.85. The molecule has 2 heterocycles. The van der Waals surface area contributed by atoms with Gasteiger partial charge in [-0.1, -0.05) is 12.1 Å². The molecule has 0 spiro atoms. The van der Waals surface area contributed by atoms with E-state index in [-0.39, 0.29) is 30.2 Å². The third-order valence-electron chi connectivity index (χ3n) is 4.20. The number of aryl methyl sites for hydroxylation is 1. The van der Waals surface area contributed by atoms with Gasteiger partial charge in [0, 0.05) is 32.0 Å². The molecule has 3 rings (SSSR count). The minimum absolute atomic E-state index is 0. The lowest BCUT2D eigenvalue weighted by atomic mass is 10.1. The molecule has 6 heteroatoms. The number of furan rings is 1. The molecular formula is C18H22ClFN2O2. The molecule has 1 aliphatic heterocycles. The van der Waals surface area contributed by atoms with E-state index in [0.29, 0.717) is 36.5 Å². The third kappa shape index (κ3) is 4.36. The molecule has 1 aromatic carbocycles. The Morgan fingerprint density at radius 3 is 2.83 bits per heavy atom. The van der Waals surface area contributed by atoms with E-state index in [0.717, 1.165) is 19.4 Å². The van der Waals surface area contributed by atoms with Crippen molar-refractivity contribution < 1.29 is 13.6 Å². The summed E-state index contributed by atoms with van der Waals surface area (Å²) < 4.78 is 19.4. The molecule has 1 fully saturated rings. The number of likely N-dealkylation sites (tertiary alicyclic amines) is 1. The highest BCUT2D eigenvalue weighted by Crippen LogP contribution is 2.25. The molecule has 24 heavy (non-hydrogen) atoms. The maximum atomic E-state index is 13.7. The van der Waals surface area contributed by atoms with Crippen molar-refractivity contribution in [1.29, 1.82) is 0 Å². The van der Waals surface area contributed by atoms with E-state index < -0.39 is 0 Å². The average molecular weight is 353 g/mol. The molecule has 0 bridgehead atoms. The average Bonchev–Trinajstić information content (AvgIpc) is 3.02. The van der Waals surface area contributed by atoms with Crippen LogP contribution in [0.5, 0.6) is 0 Å². The number of carbonyl (C=O) groups is 1. The van der Waals surface area contributed by atoms with Gasteiger partial charge < -0.3 is 15.1 Å². The van der Waals surface area contributed by atoms with Crippen LogP contribution in [0.4, 0.5) is 4.39 Å². The minimum atomic E-state index is -0.313. The van der Waals surface area contributed by atoms with Crippen LogP contribution in [0.3, 0.4) is 0 Å². The molecule has 1 saturated heterocycles. The Kier molecular flexibility index (Phi) is 6.40. The van der Waals surface area contributed by atoms with Gasteiger partial charge in [0.15, 0.2) is 0 Å². The highest BCUT2D eigenvalue weighted by atomic mass is 35.5. The molecule has 2 aromatic rings. The zero-order valence-corrected chi connectivity index (χ0v) is 14.2. The van der Waals surface area contributed by atoms with E-state index in [1.54, 1.807) is 30.3 Å². The zero-order valence-electron chi connectivity index (χ0n) is 13.4. The SMILES string of the molecule is Cl.NC1CCCN(C(=O)CCc2ccc(-c3ccccc3F)o2)C1. The Balaban J connectivity index is 0.00000208. The maximum absolute atomic E-state index is 13.7. The Hall–Kier alpha value is -1.85. The third-order valence-corrected chi connectivity index (χ3v) is 4.20. The number of hydrogen-bond donors (Lipinski definition) is 1. The second kappa shape index (κ2) is 8.31. The standard InChI is InChI=1S/C18H21FN2O2.ClH/c19-16-6-2-1-5-15(16)17-9-7-14(23-17)8-10-18(22)21-11-3-4-13(20)12-21;/h1-2,5-7,9,13H,3-4,8,10-12,20H2;1H. The van der Waals surface area contributed by atoms with Crippen LogP contribution < -0.4 is 5.73 Å². The number of hydrogen-bond acceptors (Lipinski definition) is 3. The minimum Gasteiger partial charge on any atom is -0.461 e. The van der Waals surface area contributed by atoms with E-state index >= 15 is 0 Å². The van der Waals surface area contributed by atoms with Crippen LogP contribution in [-0.2, 0) is 11.2 Å². The van der Waals surface area contributed by atoms with Crippen LogP contribution in [0.15, 0.2) is 40.8 Å². The summed E-state index contributed by atoms with van der Waals surface area (Å²) in [5.74, 6) is 0.972. The molecular weight excluding hydrogens is 331 g/mol. The second-order valence-electron chi connectivity index (χ2n) is 5.99. The van der Waals surface area contributed by atoms with Gasteiger partial charge in [0.25, 0.3) is 0 Å². The Morgan fingerprint density at radius 2 is 2.08 bits per heavy atom. The number of rotatable bonds is 4. The number of nitrogens with zero attached hydrogens (tertiary/aromatic N) is 1. The molecule has 130 valence electrons. The number of benzene rings is 1. The van der Waals surface area contributed by atoms with Gasteiger partial charge in [-0.2, -0.15) is 0 Å². The largest absolute Gasteiger partial charge is 0.461 e. The van der Waals surface area contributed by atoms with Crippen molar-refractivity contribution in [1.82, 2.24) is 4.90 Å². The smallest absolute Gasteiger partial charge is 0.223 e. The van der Waals surface area contributed by atoms with Crippen molar-refractivity contribution >= 4 is 18.3 Å². The van der Waals surface area contributed by atoms with Crippen molar-refractivity contribution in [2.75, 3.05) is 13.1 Å². The lowest BCUT2D eigenvalue weighted by molar-refractivity contribution is -0.132. The van der Waals surface area contributed by atoms with Crippen LogP contribution in [-0.4, -0.2) is 29.9 Å². The van der Waals surface area contributed by atoms with Crippen LogP contribution in [0.1, 0.15) is 25.0 Å². The lowest BCUT2D eigenvalue weighted by Crippen LogP contribution is -2.45. The first kappa shape index (κ1) is 18.5. The zero-order chi connectivity index (χ0) is 16.2. The Labute approximate surface area is 147 Å². The lowest BCUT2D eigenvalue weighted by Gasteiger charge is -2.30. The fourth-order valence-electron chi connectivity index (χ4n) is 2.94. The van der Waals surface area contributed by atoms with Crippen molar-refractivity contribution in [2.24, 2.45) is 5.73 Å². The van der Waals surface area contributed by atoms with Crippen LogP contribution in [0, 0.1) is 5.82 Å². The monoisotopic (exact) mass is 352 g/mol. The Bertz CT molecular complexity index is 689. The summed E-state index contributed by atoms with van der Waals surface area (Å²) in [7, 11) is 0. The molecule has 1 unspecified atom stereocenters. The highest BCUT2D eigenvalue weighted by Gasteiger charge is 2.21. The number of piperidine rings is 1. The fourth-order valence-corrected chi connectivity index (χ4v) is 2.94. The van der Waals surface area contributed by atoms with Gasteiger partial charge in [-0.25, -0.2) is 4.39 Å². The summed E-state index contributed by atoms with van der Waals surface area (Å²) in [6.45, 7) is 1.42. The molecule has 1 atom stereocenters. The normalized spacial score (nSPS) is 17.4. The van der Waals surface area contributed by atoms with Crippen LogP contribution in [0.2, 0.25) is 0 Å². The molecule has 1 amide bonds. The molecule has 0 aliphatic carbocycles. The predicted molar refractivity (Wildman–Crippen MR) is 93.5 cm³/mol. The number of halogens is 2. The summed E-state index contributed by atoms with van der Waals surface area (Å²) in [6.07, 6.45) is 2.84. The van der Waals surface area contributed by atoms with E-state index in [4.69, 9.17) is 10.2 Å². The van der Waals surface area contributed by atoms with Gasteiger partial charge in [0.1, 0.15) is 17.3 Å². The van der Waals surface area contributed by atoms with Crippen molar-refractivity contribution in [3.05, 3.63) is 48.0 Å². The van der Waals surface area contributed by atoms with Crippen molar-refractivity contribution in [3.8, 4) is 11.3 Å². The summed E-state index contributed by atoms with van der Waals surface area (Å²) in [5, 5.41) is 0.